The third-order valence-electron chi connectivity index (χ3n) is 7.20. The van der Waals surface area contributed by atoms with Crippen LogP contribution in [0.15, 0.2) is 65.6 Å². The first-order valence-electron chi connectivity index (χ1n) is 13.1. The summed E-state index contributed by atoms with van der Waals surface area (Å²) in [7, 11) is 1.81. The maximum absolute atomic E-state index is 13.5. The number of carbonyl (C=O) groups is 2. The first kappa shape index (κ1) is 27.0. The van der Waals surface area contributed by atoms with Crippen molar-refractivity contribution in [2.24, 2.45) is 5.73 Å². The Hall–Kier alpha value is -4.58. The number of carbonyl (C=O) groups excluding carboxylic acids is 2. The zero-order chi connectivity index (χ0) is 28.2. The number of hydrogen-bond donors (Lipinski definition) is 2. The van der Waals surface area contributed by atoms with Gasteiger partial charge in [0.15, 0.2) is 0 Å². The summed E-state index contributed by atoms with van der Waals surface area (Å²) in [5.74, 6) is -0.286. The normalized spacial score (nSPS) is 13.9. The van der Waals surface area contributed by atoms with Gasteiger partial charge in [0.25, 0.3) is 11.5 Å². The third kappa shape index (κ3) is 5.57. The summed E-state index contributed by atoms with van der Waals surface area (Å²) >= 11 is 0. The van der Waals surface area contributed by atoms with Crippen LogP contribution in [-0.4, -0.2) is 70.2 Å². The number of rotatable bonds is 8. The van der Waals surface area contributed by atoms with Gasteiger partial charge in [0.1, 0.15) is 5.82 Å². The number of amides is 1. The van der Waals surface area contributed by atoms with Crippen LogP contribution in [0.25, 0.3) is 11.0 Å². The Bertz CT molecular complexity index is 1570. The number of imidazole rings is 1. The smallest absolute Gasteiger partial charge is 0.261 e. The van der Waals surface area contributed by atoms with E-state index in [9.17, 15) is 18.8 Å². The molecule has 0 radical (unpaired) electrons. The van der Waals surface area contributed by atoms with E-state index in [-0.39, 0.29) is 30.9 Å². The van der Waals surface area contributed by atoms with Gasteiger partial charge in [0.05, 0.1) is 30.7 Å². The van der Waals surface area contributed by atoms with Gasteiger partial charge in [-0.05, 0) is 42.7 Å². The lowest BCUT2D eigenvalue weighted by atomic mass is 10.0. The molecule has 12 heteroatoms. The number of anilines is 2. The third-order valence-corrected chi connectivity index (χ3v) is 7.20. The molecule has 0 aliphatic carbocycles. The number of nitrogens with zero attached hydrogens (tertiary/aromatic N) is 6. The average molecular weight is 547 g/mol. The van der Waals surface area contributed by atoms with Crippen molar-refractivity contribution in [3.8, 4) is 0 Å². The van der Waals surface area contributed by atoms with Crippen LogP contribution in [0.2, 0.25) is 0 Å². The molecule has 0 atom stereocenters. The van der Waals surface area contributed by atoms with Gasteiger partial charge < -0.3 is 25.4 Å². The molecule has 40 heavy (non-hydrogen) atoms. The lowest BCUT2D eigenvalue weighted by Gasteiger charge is -2.38. The van der Waals surface area contributed by atoms with Gasteiger partial charge in [0, 0.05) is 38.4 Å². The maximum Gasteiger partial charge on any atom is 0.261 e. The Balaban J connectivity index is 1.34. The zero-order valence-corrected chi connectivity index (χ0v) is 22.2. The fraction of sp³-hybridized carbons (Fsp3) is 0.321. The van der Waals surface area contributed by atoms with Crippen LogP contribution in [0.3, 0.4) is 0 Å². The molecule has 11 nitrogen and oxygen atoms in total. The Morgan fingerprint density at radius 1 is 1.10 bits per heavy atom. The van der Waals surface area contributed by atoms with E-state index in [4.69, 9.17) is 10.7 Å². The molecule has 3 heterocycles. The van der Waals surface area contributed by atoms with E-state index in [1.54, 1.807) is 12.1 Å². The second-order valence-corrected chi connectivity index (χ2v) is 9.74. The van der Waals surface area contributed by atoms with Crippen LogP contribution in [0.1, 0.15) is 23.2 Å². The molecule has 1 aliphatic heterocycles. The fourth-order valence-electron chi connectivity index (χ4n) is 5.06. The topological polar surface area (TPSA) is 131 Å². The fourth-order valence-corrected chi connectivity index (χ4v) is 5.06. The Kier molecular flexibility index (Phi) is 7.87. The van der Waals surface area contributed by atoms with E-state index in [2.05, 4.69) is 19.8 Å². The summed E-state index contributed by atoms with van der Waals surface area (Å²) in [4.78, 5) is 50.3. The number of halogens is 1. The largest absolute Gasteiger partial charge is 0.346 e. The van der Waals surface area contributed by atoms with Gasteiger partial charge in [-0.3, -0.25) is 14.4 Å². The van der Waals surface area contributed by atoms with Gasteiger partial charge in [-0.1, -0.05) is 24.3 Å². The molecule has 0 spiro atoms. The Labute approximate surface area is 230 Å². The average Bonchev–Trinajstić information content (AvgIpc) is 3.34. The number of para-hydroxylation sites is 2. The summed E-state index contributed by atoms with van der Waals surface area (Å²) < 4.78 is 16.6. The number of aromatic nitrogens is 4. The van der Waals surface area contributed by atoms with Crippen molar-refractivity contribution in [1.29, 1.82) is 0 Å². The van der Waals surface area contributed by atoms with Crippen molar-refractivity contribution in [3.63, 3.8) is 0 Å². The molecule has 3 N–H and O–H groups in total. The van der Waals surface area contributed by atoms with Crippen LogP contribution in [0.4, 0.5) is 16.3 Å². The van der Waals surface area contributed by atoms with Crippen LogP contribution >= 0.6 is 0 Å². The molecular weight excluding hydrogens is 515 g/mol. The Morgan fingerprint density at radius 2 is 1.82 bits per heavy atom. The summed E-state index contributed by atoms with van der Waals surface area (Å²) in [5, 5.41) is 2.41. The molecule has 4 aromatic rings. The summed E-state index contributed by atoms with van der Waals surface area (Å²) in [6.45, 7) is 1.33. The van der Waals surface area contributed by atoms with Crippen molar-refractivity contribution in [2.45, 2.75) is 25.4 Å². The van der Waals surface area contributed by atoms with E-state index >= 15 is 0 Å². The zero-order valence-electron chi connectivity index (χ0n) is 22.2. The predicted molar refractivity (Wildman–Crippen MR) is 150 cm³/mol. The monoisotopic (exact) mass is 546 g/mol. The highest BCUT2D eigenvalue weighted by atomic mass is 19.1. The molecule has 0 saturated carbocycles. The van der Waals surface area contributed by atoms with Crippen LogP contribution < -0.4 is 26.4 Å². The quantitative estimate of drug-likeness (QED) is 0.341. The molecule has 1 amide bonds. The van der Waals surface area contributed by atoms with Crippen LogP contribution in [0, 0.1) is 5.82 Å². The number of piperidine rings is 1. The summed E-state index contributed by atoms with van der Waals surface area (Å²) in [6, 6.07) is 15.7. The van der Waals surface area contributed by atoms with E-state index in [0.29, 0.717) is 19.6 Å². The molecule has 1 aliphatic rings. The minimum atomic E-state index is -0.589. The van der Waals surface area contributed by atoms with E-state index in [0.717, 1.165) is 40.0 Å². The molecule has 0 bridgehead atoms. The highest BCUT2D eigenvalue weighted by Gasteiger charge is 2.29. The molecule has 2 aromatic carbocycles. The van der Waals surface area contributed by atoms with Crippen molar-refractivity contribution in [2.75, 3.05) is 43.0 Å². The molecule has 1 saturated heterocycles. The summed E-state index contributed by atoms with van der Waals surface area (Å²) in [5.41, 5.74) is 7.63. The lowest BCUT2D eigenvalue weighted by molar-refractivity contribution is -0.119. The summed E-state index contributed by atoms with van der Waals surface area (Å²) in [6.07, 6.45) is 2.85. The second kappa shape index (κ2) is 11.7. The SMILES string of the molecule is CN(c1nccc(=O)n1C(=O)CNC(=O)CN)C1CCN(c2nc3ccccc3n2Cc2ccc(F)cc2)CC1. The number of benzene rings is 2. The predicted octanol–water partition coefficient (Wildman–Crippen LogP) is 1.60. The molecular formula is C28H31FN8O3. The first-order valence-corrected chi connectivity index (χ1v) is 13.1. The van der Waals surface area contributed by atoms with Crippen LogP contribution in [-0.2, 0) is 11.3 Å². The number of hydrogen-bond acceptors (Lipinski definition) is 8. The number of fused-ring (bicyclic) bond motifs is 1. The van der Waals surface area contributed by atoms with Crippen molar-refractivity contribution in [1.82, 2.24) is 24.4 Å². The van der Waals surface area contributed by atoms with Gasteiger partial charge in [0.2, 0.25) is 17.8 Å². The van der Waals surface area contributed by atoms with E-state index in [1.165, 1.54) is 24.4 Å². The molecule has 208 valence electrons. The molecule has 0 unspecified atom stereocenters. The van der Waals surface area contributed by atoms with Gasteiger partial charge >= 0.3 is 0 Å². The lowest BCUT2D eigenvalue weighted by Crippen LogP contribution is -2.47. The van der Waals surface area contributed by atoms with Crippen molar-refractivity contribution in [3.05, 3.63) is 82.5 Å². The number of nitrogens with one attached hydrogen (secondary N) is 1. The van der Waals surface area contributed by atoms with E-state index < -0.39 is 17.4 Å². The highest BCUT2D eigenvalue weighted by Crippen LogP contribution is 2.28. The molecule has 1 fully saturated rings. The van der Waals surface area contributed by atoms with Crippen molar-refractivity contribution >= 4 is 34.7 Å². The first-order chi connectivity index (χ1) is 19.4. The second-order valence-electron chi connectivity index (χ2n) is 9.74. The van der Waals surface area contributed by atoms with Crippen molar-refractivity contribution < 1.29 is 14.0 Å². The van der Waals surface area contributed by atoms with Crippen LogP contribution in [0.5, 0.6) is 0 Å². The highest BCUT2D eigenvalue weighted by molar-refractivity contribution is 5.88. The Morgan fingerprint density at radius 3 is 2.55 bits per heavy atom. The number of nitrogens with two attached hydrogens (primary N) is 1. The van der Waals surface area contributed by atoms with Gasteiger partial charge in [-0.2, -0.15) is 0 Å². The molecule has 5 rings (SSSR count). The molecule has 2 aromatic heterocycles. The van der Waals surface area contributed by atoms with Gasteiger partial charge in [-0.25, -0.2) is 18.9 Å². The minimum absolute atomic E-state index is 0.0122. The minimum Gasteiger partial charge on any atom is -0.346 e. The standard InChI is InChI=1S/C28H31FN8O3/c1-34(27-31-13-10-25(39)37(27)26(40)17-32-24(38)16-30)21-11-14-35(15-12-21)28-33-22-4-2-3-5-23(22)36(28)18-19-6-8-20(29)9-7-19/h2-10,13,21H,11-12,14-18,30H2,1H3,(H,32,38). The van der Waals surface area contributed by atoms with E-state index in [1.807, 2.05) is 36.2 Å². The van der Waals surface area contributed by atoms with Gasteiger partial charge in [-0.15, -0.1) is 0 Å². The maximum atomic E-state index is 13.5.